The van der Waals surface area contributed by atoms with Crippen molar-refractivity contribution >= 4 is 17.3 Å². The molecular formula is C8H9NO2S. The van der Waals surface area contributed by atoms with Crippen molar-refractivity contribution in [2.24, 2.45) is 5.73 Å². The second-order valence-corrected chi connectivity index (χ2v) is 4.13. The van der Waals surface area contributed by atoms with Gasteiger partial charge in [0.2, 0.25) is 0 Å². The topological polar surface area (TPSA) is 63.3 Å². The van der Waals surface area contributed by atoms with Gasteiger partial charge in [-0.1, -0.05) is 0 Å². The molecule has 4 heteroatoms. The van der Waals surface area contributed by atoms with Crippen LogP contribution in [-0.2, 0) is 0 Å². The van der Waals surface area contributed by atoms with Gasteiger partial charge in [-0.3, -0.25) is 0 Å². The van der Waals surface area contributed by atoms with Crippen molar-refractivity contribution in [3.8, 4) is 0 Å². The Labute approximate surface area is 73.8 Å². The maximum atomic E-state index is 10.5. The summed E-state index contributed by atoms with van der Waals surface area (Å²) in [6.45, 7) is 0. The average molecular weight is 183 g/mol. The van der Waals surface area contributed by atoms with Crippen LogP contribution in [0.2, 0.25) is 0 Å². The van der Waals surface area contributed by atoms with Gasteiger partial charge >= 0.3 is 5.97 Å². The molecule has 0 amide bonds. The van der Waals surface area contributed by atoms with E-state index in [0.29, 0.717) is 10.8 Å². The van der Waals surface area contributed by atoms with E-state index in [9.17, 15) is 4.79 Å². The van der Waals surface area contributed by atoms with Crippen LogP contribution >= 0.6 is 11.3 Å². The van der Waals surface area contributed by atoms with Crippen molar-refractivity contribution < 1.29 is 9.90 Å². The van der Waals surface area contributed by atoms with E-state index in [-0.39, 0.29) is 6.04 Å². The molecule has 0 radical (unpaired) electrons. The van der Waals surface area contributed by atoms with E-state index in [1.165, 1.54) is 11.3 Å². The Hall–Kier alpha value is -0.870. The van der Waals surface area contributed by atoms with Gasteiger partial charge in [-0.05, 0) is 18.6 Å². The normalized spacial score (nSPS) is 27.1. The molecule has 2 unspecified atom stereocenters. The summed E-state index contributed by atoms with van der Waals surface area (Å²) in [6, 6.07) is 3.77. The highest BCUT2D eigenvalue weighted by molar-refractivity contribution is 7.14. The number of aromatic carboxylic acids is 1. The molecule has 1 fully saturated rings. The van der Waals surface area contributed by atoms with Crippen molar-refractivity contribution in [1.29, 1.82) is 0 Å². The summed E-state index contributed by atoms with van der Waals surface area (Å²) >= 11 is 1.34. The molecule has 0 aromatic carbocycles. The summed E-state index contributed by atoms with van der Waals surface area (Å²) in [5.41, 5.74) is 5.64. The van der Waals surface area contributed by atoms with Crippen molar-refractivity contribution in [2.75, 3.05) is 0 Å². The van der Waals surface area contributed by atoms with Crippen LogP contribution in [-0.4, -0.2) is 17.1 Å². The van der Waals surface area contributed by atoms with Gasteiger partial charge in [-0.15, -0.1) is 11.3 Å². The van der Waals surface area contributed by atoms with E-state index in [0.717, 1.165) is 11.3 Å². The van der Waals surface area contributed by atoms with E-state index < -0.39 is 5.97 Å². The first-order chi connectivity index (χ1) is 5.68. The highest BCUT2D eigenvalue weighted by atomic mass is 32.1. The van der Waals surface area contributed by atoms with Crippen molar-refractivity contribution in [2.45, 2.75) is 18.4 Å². The Balaban J connectivity index is 2.19. The van der Waals surface area contributed by atoms with Gasteiger partial charge in [0.05, 0.1) is 0 Å². The Kier molecular flexibility index (Phi) is 1.66. The zero-order chi connectivity index (χ0) is 8.72. The van der Waals surface area contributed by atoms with Gasteiger partial charge in [-0.2, -0.15) is 0 Å². The van der Waals surface area contributed by atoms with Gasteiger partial charge in [0.25, 0.3) is 0 Å². The van der Waals surface area contributed by atoms with E-state index in [1.54, 1.807) is 6.07 Å². The van der Waals surface area contributed by atoms with Gasteiger partial charge < -0.3 is 10.8 Å². The smallest absolute Gasteiger partial charge is 0.345 e. The number of hydrogen-bond donors (Lipinski definition) is 2. The Bertz CT molecular complexity index is 321. The fourth-order valence-corrected chi connectivity index (χ4v) is 2.24. The molecule has 1 aromatic heterocycles. The first-order valence-corrected chi connectivity index (χ1v) is 4.58. The monoisotopic (exact) mass is 183 g/mol. The van der Waals surface area contributed by atoms with Crippen LogP contribution in [0.15, 0.2) is 12.1 Å². The molecule has 1 aliphatic carbocycles. The lowest BCUT2D eigenvalue weighted by molar-refractivity contribution is 0.0702. The second kappa shape index (κ2) is 2.57. The standard InChI is InChI=1S/C8H9NO2S/c9-5-3-4(5)6-1-2-7(12-6)8(10)11/h1-2,4-5H,3,9H2,(H,10,11). The number of rotatable bonds is 2. The molecule has 2 rings (SSSR count). The highest BCUT2D eigenvalue weighted by Crippen LogP contribution is 2.42. The minimum Gasteiger partial charge on any atom is -0.477 e. The van der Waals surface area contributed by atoms with Crippen LogP contribution in [0.4, 0.5) is 0 Å². The van der Waals surface area contributed by atoms with E-state index in [1.807, 2.05) is 6.07 Å². The molecule has 0 bridgehead atoms. The lowest BCUT2D eigenvalue weighted by Gasteiger charge is -1.88. The Morgan fingerprint density at radius 1 is 1.67 bits per heavy atom. The first kappa shape index (κ1) is 7.76. The first-order valence-electron chi connectivity index (χ1n) is 3.77. The minimum absolute atomic E-state index is 0.255. The van der Waals surface area contributed by atoms with Crippen LogP contribution in [0.3, 0.4) is 0 Å². The lowest BCUT2D eigenvalue weighted by atomic mass is 10.3. The largest absolute Gasteiger partial charge is 0.477 e. The predicted molar refractivity (Wildman–Crippen MR) is 46.6 cm³/mol. The Morgan fingerprint density at radius 2 is 2.33 bits per heavy atom. The van der Waals surface area contributed by atoms with E-state index in [2.05, 4.69) is 0 Å². The summed E-state index contributed by atoms with van der Waals surface area (Å²) in [7, 11) is 0. The second-order valence-electron chi connectivity index (χ2n) is 3.01. The highest BCUT2D eigenvalue weighted by Gasteiger charge is 2.36. The summed E-state index contributed by atoms with van der Waals surface area (Å²) < 4.78 is 0. The SMILES string of the molecule is NC1CC1c1ccc(C(=O)O)s1. The number of carbonyl (C=O) groups is 1. The number of carboxylic acid groups (broad SMARTS) is 1. The van der Waals surface area contributed by atoms with Gasteiger partial charge in [-0.25, -0.2) is 4.79 Å². The molecule has 0 aliphatic heterocycles. The number of carboxylic acids is 1. The van der Waals surface area contributed by atoms with Crippen molar-refractivity contribution in [3.05, 3.63) is 21.9 Å². The average Bonchev–Trinajstić information content (AvgIpc) is 2.59. The fourth-order valence-electron chi connectivity index (χ4n) is 1.21. The van der Waals surface area contributed by atoms with Gasteiger partial charge in [0, 0.05) is 16.8 Å². The number of hydrogen-bond acceptors (Lipinski definition) is 3. The van der Waals surface area contributed by atoms with Gasteiger partial charge in [0.15, 0.2) is 0 Å². The molecule has 1 heterocycles. The maximum Gasteiger partial charge on any atom is 0.345 e. The summed E-state index contributed by atoms with van der Waals surface area (Å²) in [5, 5.41) is 8.65. The number of thiophene rings is 1. The molecule has 1 aromatic rings. The molecule has 3 nitrogen and oxygen atoms in total. The molecule has 2 atom stereocenters. The molecule has 0 spiro atoms. The summed E-state index contributed by atoms with van der Waals surface area (Å²) in [6.07, 6.45) is 1.000. The third-order valence-corrected chi connectivity index (χ3v) is 3.25. The van der Waals surface area contributed by atoms with Gasteiger partial charge in [0.1, 0.15) is 4.88 Å². The third kappa shape index (κ3) is 1.23. The molecule has 3 N–H and O–H groups in total. The molecule has 1 aliphatic rings. The van der Waals surface area contributed by atoms with Crippen LogP contribution in [0.1, 0.15) is 26.9 Å². The zero-order valence-corrected chi connectivity index (χ0v) is 7.17. The maximum absolute atomic E-state index is 10.5. The number of nitrogens with two attached hydrogens (primary N) is 1. The van der Waals surface area contributed by atoms with Crippen molar-refractivity contribution in [1.82, 2.24) is 0 Å². The Morgan fingerprint density at radius 3 is 2.75 bits per heavy atom. The molecule has 0 saturated heterocycles. The molecule has 1 saturated carbocycles. The summed E-state index contributed by atoms with van der Waals surface area (Å²) in [5.74, 6) is -0.427. The fraction of sp³-hybridized carbons (Fsp3) is 0.375. The molecule has 64 valence electrons. The zero-order valence-electron chi connectivity index (χ0n) is 6.36. The molecule has 12 heavy (non-hydrogen) atoms. The third-order valence-electron chi connectivity index (χ3n) is 2.04. The van der Waals surface area contributed by atoms with Crippen LogP contribution in [0, 0.1) is 0 Å². The van der Waals surface area contributed by atoms with Crippen molar-refractivity contribution in [3.63, 3.8) is 0 Å². The predicted octanol–water partition coefficient (Wildman–Crippen LogP) is 1.26. The van der Waals surface area contributed by atoms with Crippen LogP contribution < -0.4 is 5.73 Å². The lowest BCUT2D eigenvalue weighted by Crippen LogP contribution is -1.99. The molecular weight excluding hydrogens is 174 g/mol. The van der Waals surface area contributed by atoms with E-state index >= 15 is 0 Å². The quantitative estimate of drug-likeness (QED) is 0.725. The van der Waals surface area contributed by atoms with Crippen LogP contribution in [0.25, 0.3) is 0 Å². The summed E-state index contributed by atoms with van der Waals surface area (Å²) in [4.78, 5) is 12.0. The minimum atomic E-state index is -0.847. The van der Waals surface area contributed by atoms with Crippen LogP contribution in [0.5, 0.6) is 0 Å². The van der Waals surface area contributed by atoms with E-state index in [4.69, 9.17) is 10.8 Å².